The number of methoxy groups -OCH3 is 2. The van der Waals surface area contributed by atoms with Crippen molar-refractivity contribution in [2.45, 2.75) is 50.8 Å². The van der Waals surface area contributed by atoms with Gasteiger partial charge in [-0.2, -0.15) is 0 Å². The second-order valence-electron chi connectivity index (χ2n) is 12.5. The van der Waals surface area contributed by atoms with E-state index in [9.17, 15) is 13.2 Å². The van der Waals surface area contributed by atoms with Gasteiger partial charge in [0.2, 0.25) is 0 Å². The van der Waals surface area contributed by atoms with Crippen LogP contribution in [-0.4, -0.2) is 76.9 Å². The first-order valence-electron chi connectivity index (χ1n) is 14.9. The summed E-state index contributed by atoms with van der Waals surface area (Å²) in [7, 11) is 0.825. The van der Waals surface area contributed by atoms with Crippen LogP contribution in [0.25, 0.3) is 33.3 Å². The molecule has 0 unspecified atom stereocenters. The zero-order valence-electron chi connectivity index (χ0n) is 27.0. The van der Waals surface area contributed by atoms with E-state index in [1.807, 2.05) is 63.7 Å². The predicted molar refractivity (Wildman–Crippen MR) is 175 cm³/mol. The Bertz CT molecular complexity index is 2050. The lowest BCUT2D eigenvalue weighted by Gasteiger charge is -2.40. The molecule has 1 aliphatic heterocycles. The first kappa shape index (κ1) is 31.4. The summed E-state index contributed by atoms with van der Waals surface area (Å²) >= 11 is 0. The van der Waals surface area contributed by atoms with E-state index in [1.165, 1.54) is 11.1 Å². The van der Waals surface area contributed by atoms with E-state index < -0.39 is 15.6 Å². The number of fused-ring (bicyclic) bond motifs is 2. The molecule has 12 nitrogen and oxygen atoms in total. The van der Waals surface area contributed by atoms with E-state index in [0.717, 1.165) is 16.6 Å². The third-order valence-electron chi connectivity index (χ3n) is 8.01. The highest BCUT2D eigenvalue weighted by Gasteiger charge is 2.34. The summed E-state index contributed by atoms with van der Waals surface area (Å²) in [5.41, 5.74) is 3.87. The lowest BCUT2D eigenvalue weighted by molar-refractivity contribution is 0.00519. The number of rotatable bonds is 8. The average Bonchev–Trinajstić information content (AvgIpc) is 3.53. The van der Waals surface area contributed by atoms with Crippen LogP contribution in [0.5, 0.6) is 11.6 Å². The largest absolute Gasteiger partial charge is 0.491 e. The number of aryl methyl sites for hydroxylation is 2. The molecular formula is C33H38N6O6S. The minimum atomic E-state index is -4.10. The fourth-order valence-electron chi connectivity index (χ4n) is 5.61. The molecule has 6 rings (SSSR count). The number of amides is 1. The Kier molecular flexibility index (Phi) is 7.93. The van der Waals surface area contributed by atoms with Gasteiger partial charge in [0.05, 0.1) is 30.3 Å². The van der Waals surface area contributed by atoms with E-state index in [4.69, 9.17) is 19.2 Å². The van der Waals surface area contributed by atoms with Gasteiger partial charge < -0.3 is 29.0 Å². The summed E-state index contributed by atoms with van der Waals surface area (Å²) in [6.45, 7) is 8.92. The molecule has 13 heteroatoms. The van der Waals surface area contributed by atoms with E-state index in [2.05, 4.69) is 10.3 Å². The average molecular weight is 647 g/mol. The van der Waals surface area contributed by atoms with Gasteiger partial charge in [0.1, 0.15) is 11.1 Å². The zero-order valence-corrected chi connectivity index (χ0v) is 27.8. The molecular weight excluding hydrogens is 608 g/mol. The minimum absolute atomic E-state index is 0.0679. The molecule has 242 valence electrons. The Labute approximate surface area is 267 Å². The Hall–Kier alpha value is -4.62. The number of carbonyl (C=O) groups is 1. The number of likely N-dealkylation sites (tertiary alicyclic amines) is 1. The monoisotopic (exact) mass is 646 g/mol. The van der Waals surface area contributed by atoms with Gasteiger partial charge >= 0.3 is 6.09 Å². The smallest absolute Gasteiger partial charge is 0.410 e. The molecule has 4 aromatic heterocycles. The summed E-state index contributed by atoms with van der Waals surface area (Å²) in [6.07, 6.45) is 3.13. The van der Waals surface area contributed by atoms with Crippen molar-refractivity contribution < 1.29 is 27.4 Å². The molecule has 1 fully saturated rings. The van der Waals surface area contributed by atoms with Gasteiger partial charge in [-0.05, 0) is 57.5 Å². The molecule has 1 saturated heterocycles. The molecule has 0 radical (unpaired) electrons. The van der Waals surface area contributed by atoms with Crippen LogP contribution in [0.15, 0.2) is 59.8 Å². The molecule has 1 aromatic carbocycles. The zero-order chi connectivity index (χ0) is 33.0. The molecule has 0 saturated carbocycles. The molecule has 0 bridgehead atoms. The van der Waals surface area contributed by atoms with Crippen LogP contribution < -0.4 is 14.8 Å². The third-order valence-corrected chi connectivity index (χ3v) is 9.73. The van der Waals surface area contributed by atoms with Gasteiger partial charge in [-0.25, -0.2) is 27.2 Å². The van der Waals surface area contributed by atoms with Crippen LogP contribution in [0.2, 0.25) is 0 Å². The molecule has 5 heterocycles. The van der Waals surface area contributed by atoms with Crippen LogP contribution in [0.1, 0.15) is 31.9 Å². The summed E-state index contributed by atoms with van der Waals surface area (Å²) < 4.78 is 48.4. The number of hydrogen-bond donors (Lipinski definition) is 1. The molecule has 5 aromatic rings. The Balaban J connectivity index is 1.43. The van der Waals surface area contributed by atoms with Crippen molar-refractivity contribution in [2.75, 3.05) is 27.3 Å². The minimum Gasteiger partial charge on any atom is -0.491 e. The lowest BCUT2D eigenvalue weighted by atomic mass is 10.1. The predicted octanol–water partition coefficient (Wildman–Crippen LogP) is 4.86. The maximum absolute atomic E-state index is 14.4. The number of pyridine rings is 2. The van der Waals surface area contributed by atoms with Crippen molar-refractivity contribution in [1.82, 2.24) is 28.7 Å². The van der Waals surface area contributed by atoms with Crippen molar-refractivity contribution in [1.29, 1.82) is 0 Å². The van der Waals surface area contributed by atoms with Gasteiger partial charge in [0.15, 0.2) is 11.4 Å². The molecule has 1 aliphatic rings. The van der Waals surface area contributed by atoms with Gasteiger partial charge in [-0.1, -0.05) is 17.7 Å². The van der Waals surface area contributed by atoms with Crippen molar-refractivity contribution in [3.63, 3.8) is 0 Å². The van der Waals surface area contributed by atoms with Crippen molar-refractivity contribution in [3.05, 3.63) is 66.0 Å². The fraction of sp³-hybridized carbons (Fsp3) is 0.364. The fourth-order valence-corrected chi connectivity index (χ4v) is 7.08. The van der Waals surface area contributed by atoms with Crippen molar-refractivity contribution in [2.24, 2.45) is 7.05 Å². The van der Waals surface area contributed by atoms with E-state index >= 15 is 0 Å². The van der Waals surface area contributed by atoms with Crippen LogP contribution in [0, 0.1) is 6.92 Å². The number of benzene rings is 1. The van der Waals surface area contributed by atoms with Crippen molar-refractivity contribution >= 4 is 38.2 Å². The highest BCUT2D eigenvalue weighted by molar-refractivity contribution is 7.90. The van der Waals surface area contributed by atoms with E-state index in [0.29, 0.717) is 53.2 Å². The summed E-state index contributed by atoms with van der Waals surface area (Å²) in [5, 5.41) is 4.18. The number of aromatic nitrogens is 4. The molecule has 0 spiro atoms. The first-order chi connectivity index (χ1) is 21.8. The summed E-state index contributed by atoms with van der Waals surface area (Å²) in [6, 6.07) is 12.4. The first-order valence-corrected chi connectivity index (χ1v) is 16.4. The van der Waals surface area contributed by atoms with Crippen LogP contribution >= 0.6 is 0 Å². The van der Waals surface area contributed by atoms with Gasteiger partial charge in [-0.3, -0.25) is 0 Å². The lowest BCUT2D eigenvalue weighted by Crippen LogP contribution is -2.60. The van der Waals surface area contributed by atoms with Crippen LogP contribution in [0.3, 0.4) is 0 Å². The molecule has 1 N–H and O–H groups in total. The number of carbonyl (C=O) groups excluding carboxylic acids is 1. The summed E-state index contributed by atoms with van der Waals surface area (Å²) in [5.74, 6) is 0.752. The van der Waals surface area contributed by atoms with Gasteiger partial charge in [0, 0.05) is 62.1 Å². The normalized spacial score (nSPS) is 14.1. The van der Waals surface area contributed by atoms with Crippen molar-refractivity contribution in [3.8, 4) is 22.9 Å². The van der Waals surface area contributed by atoms with E-state index in [1.54, 1.807) is 42.5 Å². The second-order valence-corrected chi connectivity index (χ2v) is 14.3. The standard InChI is InChI=1S/C33H38N6O6S/c1-20-8-10-23(11-9-20)46(41,42)39-26(25-19-37(5)27-15-28(43-6)31(44-7)36-29(25)27)14-24-21(12-13-34-30(24)39)16-35-22-17-38(18-22)32(40)45-33(2,3)4/h8-15,19,22,35H,16-18H2,1-7H3. The highest BCUT2D eigenvalue weighted by atomic mass is 32.2. The Morgan fingerprint density at radius 2 is 1.78 bits per heavy atom. The van der Waals surface area contributed by atoms with E-state index in [-0.39, 0.29) is 22.9 Å². The van der Waals surface area contributed by atoms with Gasteiger partial charge in [0.25, 0.3) is 15.9 Å². The Morgan fingerprint density at radius 3 is 2.43 bits per heavy atom. The SMILES string of the molecule is COc1cc2c(nc1OC)c(-c1cc3c(CNC4CN(C(=O)OC(C)(C)C)C4)ccnc3n1S(=O)(=O)c1ccc(C)cc1)cn2C. The van der Waals surface area contributed by atoms with Crippen LogP contribution in [0.4, 0.5) is 4.79 Å². The maximum Gasteiger partial charge on any atom is 0.410 e. The number of nitrogens with zero attached hydrogens (tertiary/aromatic N) is 5. The topological polar surface area (TPSA) is 130 Å². The van der Waals surface area contributed by atoms with Gasteiger partial charge in [-0.15, -0.1) is 0 Å². The number of hydrogen-bond acceptors (Lipinski definition) is 9. The Morgan fingerprint density at radius 1 is 1.07 bits per heavy atom. The quantitative estimate of drug-likeness (QED) is 0.251. The second kappa shape index (κ2) is 11.6. The number of ether oxygens (including phenoxy) is 3. The molecule has 46 heavy (non-hydrogen) atoms. The molecule has 0 aliphatic carbocycles. The third kappa shape index (κ3) is 5.64. The number of nitrogens with one attached hydrogen (secondary N) is 1. The summed E-state index contributed by atoms with van der Waals surface area (Å²) in [4.78, 5) is 23.5. The highest BCUT2D eigenvalue weighted by Crippen LogP contribution is 2.39. The molecule has 0 atom stereocenters. The maximum atomic E-state index is 14.4. The van der Waals surface area contributed by atoms with Crippen LogP contribution in [-0.2, 0) is 28.4 Å². The molecule has 1 amide bonds.